The van der Waals surface area contributed by atoms with E-state index in [1.54, 1.807) is 0 Å². The van der Waals surface area contributed by atoms with Crippen molar-refractivity contribution in [1.82, 2.24) is 9.88 Å². The summed E-state index contributed by atoms with van der Waals surface area (Å²) in [5.41, 5.74) is -1.18. The van der Waals surface area contributed by atoms with Crippen molar-refractivity contribution in [3.8, 4) is 0 Å². The van der Waals surface area contributed by atoms with Crippen molar-refractivity contribution in [1.29, 1.82) is 0 Å². The van der Waals surface area contributed by atoms with E-state index in [0.29, 0.717) is 59.1 Å². The average Bonchev–Trinajstić information content (AvgIpc) is 3.54. The summed E-state index contributed by atoms with van der Waals surface area (Å²) in [6, 6.07) is 0. The normalized spacial score (nSPS) is 18.4. The zero-order valence-corrected chi connectivity index (χ0v) is 28.1. The summed E-state index contributed by atoms with van der Waals surface area (Å²) in [5, 5.41) is 15.6. The Morgan fingerprint density at radius 3 is 1.98 bits per heavy atom. The van der Waals surface area contributed by atoms with Crippen LogP contribution in [0, 0.1) is 10.8 Å². The van der Waals surface area contributed by atoms with Crippen LogP contribution in [0.25, 0.3) is 5.57 Å². The van der Waals surface area contributed by atoms with Crippen LogP contribution in [0.1, 0.15) is 87.0 Å². The molecule has 1 aromatic heterocycles. The van der Waals surface area contributed by atoms with Crippen molar-refractivity contribution >= 4 is 68.2 Å². The van der Waals surface area contributed by atoms with Crippen molar-refractivity contribution in [3.05, 3.63) is 21.1 Å². The Labute approximate surface area is 257 Å². The number of nitrogens with one attached hydrogen (secondary N) is 1. The fraction of sp³-hybridized carbons (Fsp3) is 0.600. The molecule has 0 radical (unpaired) electrons. The fourth-order valence-electron chi connectivity index (χ4n) is 4.02. The van der Waals surface area contributed by atoms with Gasteiger partial charge in [-0.25, -0.2) is 9.98 Å². The van der Waals surface area contributed by atoms with E-state index in [9.17, 15) is 19.5 Å². The zero-order valence-electron chi connectivity index (χ0n) is 26.5. The van der Waals surface area contributed by atoms with Gasteiger partial charge < -0.3 is 20.2 Å². The number of thiazole rings is 1. The van der Waals surface area contributed by atoms with E-state index in [1.165, 1.54) is 23.1 Å². The van der Waals surface area contributed by atoms with Crippen molar-refractivity contribution in [3.63, 3.8) is 0 Å². The highest BCUT2D eigenvalue weighted by atomic mass is 32.2. The number of nitrogens with zero attached hydrogens (tertiary/aromatic N) is 5. The van der Waals surface area contributed by atoms with Gasteiger partial charge in [-0.15, -0.1) is 0 Å². The molecule has 10 nitrogen and oxygen atoms in total. The minimum atomic E-state index is -0.698. The van der Waals surface area contributed by atoms with Crippen LogP contribution in [0.2, 0.25) is 0 Å². The third-order valence-electron chi connectivity index (χ3n) is 8.06. The lowest BCUT2D eigenvalue weighted by molar-refractivity contribution is -0.126. The van der Waals surface area contributed by atoms with Crippen LogP contribution in [0.3, 0.4) is 0 Å². The Kier molecular flexibility index (Phi) is 10.5. The third-order valence-corrected chi connectivity index (χ3v) is 10.3. The molecule has 230 valence electrons. The summed E-state index contributed by atoms with van der Waals surface area (Å²) in [4.78, 5) is 58.4. The Balaban J connectivity index is 2.18. The Hall–Kier alpha value is -2.99. The second kappa shape index (κ2) is 13.1. The SMILES string of the molecule is CCN(CC)C1=NC(=NC(=O)C(C)(C)CC)/C(=C2/C(=O)C(c3sc(N(CC)CC)nc3NC(=O)C(C)(C)CC)=C2O)S1. The van der Waals surface area contributed by atoms with Gasteiger partial charge in [0.2, 0.25) is 11.7 Å². The van der Waals surface area contributed by atoms with E-state index >= 15 is 0 Å². The maximum absolute atomic E-state index is 13.8. The molecule has 3 rings (SSSR count). The summed E-state index contributed by atoms with van der Waals surface area (Å²) in [7, 11) is 0. The van der Waals surface area contributed by atoms with Crippen molar-refractivity contribution in [2.24, 2.45) is 20.8 Å². The molecule has 0 fully saturated rings. The lowest BCUT2D eigenvalue weighted by Crippen LogP contribution is -2.31. The van der Waals surface area contributed by atoms with Crippen molar-refractivity contribution in [2.75, 3.05) is 36.4 Å². The van der Waals surface area contributed by atoms with Gasteiger partial charge >= 0.3 is 0 Å². The quantitative estimate of drug-likeness (QED) is 0.278. The van der Waals surface area contributed by atoms with Crippen LogP contribution in [-0.2, 0) is 14.4 Å². The predicted octanol–water partition coefficient (Wildman–Crippen LogP) is 6.28. The zero-order chi connectivity index (χ0) is 31.6. The number of Topliss-reactive ketones (excluding diaryl/α,β-unsaturated/α-hetero) is 1. The smallest absolute Gasteiger partial charge is 0.253 e. The van der Waals surface area contributed by atoms with Gasteiger partial charge in [-0.3, -0.25) is 14.4 Å². The molecule has 0 spiro atoms. The molecule has 0 unspecified atom stereocenters. The largest absolute Gasteiger partial charge is 0.506 e. The van der Waals surface area contributed by atoms with Gasteiger partial charge in [-0.1, -0.05) is 52.9 Å². The van der Waals surface area contributed by atoms with Crippen LogP contribution in [-0.4, -0.2) is 69.8 Å². The lowest BCUT2D eigenvalue weighted by atomic mass is 9.86. The molecule has 0 aromatic carbocycles. The number of aliphatic imine (C=N–C) groups is 2. The van der Waals surface area contributed by atoms with E-state index in [-0.39, 0.29) is 40.4 Å². The average molecular weight is 617 g/mol. The van der Waals surface area contributed by atoms with Gasteiger partial charge in [0.25, 0.3) is 5.91 Å². The molecule has 42 heavy (non-hydrogen) atoms. The summed E-state index contributed by atoms with van der Waals surface area (Å²) in [6.07, 6.45) is 1.21. The summed E-state index contributed by atoms with van der Waals surface area (Å²) >= 11 is 2.49. The van der Waals surface area contributed by atoms with Gasteiger partial charge in [0.15, 0.2) is 22.0 Å². The number of hydrogen-bond donors (Lipinski definition) is 2. The molecule has 2 N–H and O–H groups in total. The molecule has 0 saturated heterocycles. The molecule has 2 amide bonds. The first-order valence-electron chi connectivity index (χ1n) is 14.7. The van der Waals surface area contributed by atoms with Crippen LogP contribution < -0.4 is 10.2 Å². The second-order valence-corrected chi connectivity index (χ2v) is 13.4. The summed E-state index contributed by atoms with van der Waals surface area (Å²) in [5.74, 6) is -0.792. The second-order valence-electron chi connectivity index (χ2n) is 11.4. The first kappa shape index (κ1) is 33.5. The molecule has 1 aliphatic carbocycles. The number of carbonyl (C=O) groups excluding carboxylic acids is 3. The van der Waals surface area contributed by atoms with Crippen LogP contribution >= 0.6 is 23.1 Å². The van der Waals surface area contributed by atoms with Gasteiger partial charge in [-0.05, 0) is 52.3 Å². The number of thioether (sulfide) groups is 1. The standard InChI is InChI=1S/C30H44N6O4S2/c1-11-29(7,8)25(39)31-23-21(41-27(33-23)35(13-3)14-4)17-19(37)18(20(17)38)22-24(32-26(40)30(9,10)12-2)34-28(42-22)36(15-5)16-6/h37H,11-16H2,1-10H3,(H,31,39)/b22-18-,32-24?. The monoisotopic (exact) mass is 616 g/mol. The lowest BCUT2D eigenvalue weighted by Gasteiger charge is -2.24. The number of amides is 2. The van der Waals surface area contributed by atoms with Crippen LogP contribution in [0.4, 0.5) is 10.9 Å². The predicted molar refractivity (Wildman–Crippen MR) is 174 cm³/mol. The maximum atomic E-state index is 13.8. The third kappa shape index (κ3) is 6.34. The van der Waals surface area contributed by atoms with E-state index in [1.807, 2.05) is 79.0 Å². The topological polar surface area (TPSA) is 128 Å². The highest BCUT2D eigenvalue weighted by molar-refractivity contribution is 8.18. The van der Waals surface area contributed by atoms with Crippen molar-refractivity contribution < 1.29 is 19.5 Å². The van der Waals surface area contributed by atoms with Gasteiger partial charge in [0.05, 0.1) is 20.9 Å². The number of amidine groups is 2. The first-order chi connectivity index (χ1) is 19.7. The van der Waals surface area contributed by atoms with Gasteiger partial charge in [0, 0.05) is 37.0 Å². The molecule has 0 saturated carbocycles. The van der Waals surface area contributed by atoms with Crippen LogP contribution in [0.5, 0.6) is 0 Å². The highest BCUT2D eigenvalue weighted by Crippen LogP contribution is 2.48. The van der Waals surface area contributed by atoms with Crippen LogP contribution in [0.15, 0.2) is 26.2 Å². The minimum absolute atomic E-state index is 0.0747. The van der Waals surface area contributed by atoms with Crippen molar-refractivity contribution in [2.45, 2.75) is 82.1 Å². The first-order valence-corrected chi connectivity index (χ1v) is 16.3. The Morgan fingerprint density at radius 2 is 1.48 bits per heavy atom. The molecule has 12 heteroatoms. The number of ketones is 1. The summed E-state index contributed by atoms with van der Waals surface area (Å²) < 4.78 is 0. The van der Waals surface area contributed by atoms with Gasteiger partial charge in [-0.2, -0.15) is 4.99 Å². The minimum Gasteiger partial charge on any atom is -0.506 e. The summed E-state index contributed by atoms with van der Waals surface area (Å²) in [6.45, 7) is 21.9. The number of aliphatic hydroxyl groups excluding tert-OH is 1. The molecule has 2 heterocycles. The number of hydrogen-bond acceptors (Lipinski definition) is 9. The van der Waals surface area contributed by atoms with E-state index in [2.05, 4.69) is 20.3 Å². The maximum Gasteiger partial charge on any atom is 0.253 e. The highest BCUT2D eigenvalue weighted by Gasteiger charge is 2.44. The number of carbonyl (C=O) groups is 3. The van der Waals surface area contributed by atoms with E-state index < -0.39 is 16.6 Å². The number of aliphatic hydroxyl groups is 1. The molecule has 1 aromatic rings. The number of allylic oxidation sites excluding steroid dienone is 2. The number of rotatable bonds is 11. The molecular weight excluding hydrogens is 573 g/mol. The molecule has 0 atom stereocenters. The molecule has 1 aliphatic heterocycles. The number of aromatic nitrogens is 1. The van der Waals surface area contributed by atoms with E-state index in [0.717, 1.165) is 0 Å². The fourth-order valence-corrected chi connectivity index (χ4v) is 6.39. The molecular formula is C30H44N6O4S2. The molecule has 2 aliphatic rings. The van der Waals surface area contributed by atoms with Gasteiger partial charge in [0.1, 0.15) is 5.76 Å². The Bertz CT molecular complexity index is 1380. The molecule has 0 bridgehead atoms. The number of anilines is 2. The Morgan fingerprint density at radius 1 is 0.905 bits per heavy atom. The van der Waals surface area contributed by atoms with E-state index in [4.69, 9.17) is 0 Å².